The first-order valence-corrected chi connectivity index (χ1v) is 8.96. The molecule has 0 bridgehead atoms. The lowest BCUT2D eigenvalue weighted by atomic mass is 10.2. The van der Waals surface area contributed by atoms with Crippen LogP contribution in [-0.4, -0.2) is 37.8 Å². The van der Waals surface area contributed by atoms with Gasteiger partial charge in [0.05, 0.1) is 5.25 Å². The minimum Gasteiger partial charge on any atom is -0.315 e. The number of carbonyl (C=O) groups excluding carboxylic acids is 1. The molecule has 0 aliphatic heterocycles. The molecule has 25 heavy (non-hydrogen) atoms. The number of benzene rings is 1. The first-order valence-electron chi connectivity index (χ1n) is 8.08. The van der Waals surface area contributed by atoms with Gasteiger partial charge >= 0.3 is 0 Å². The molecule has 130 valence electrons. The van der Waals surface area contributed by atoms with Crippen LogP contribution in [0.1, 0.15) is 23.9 Å². The van der Waals surface area contributed by atoms with Gasteiger partial charge in [-0.1, -0.05) is 30.0 Å². The quantitative estimate of drug-likeness (QED) is 0.673. The molecule has 0 N–H and O–H groups in total. The Labute approximate surface area is 151 Å². The molecule has 2 heterocycles. The van der Waals surface area contributed by atoms with Crippen LogP contribution in [0.3, 0.4) is 0 Å². The number of hydrogen-bond donors (Lipinski definition) is 0. The van der Waals surface area contributed by atoms with Crippen LogP contribution in [-0.2, 0) is 4.79 Å². The monoisotopic (exact) mass is 355 g/mol. The predicted molar refractivity (Wildman–Crippen MR) is 100 cm³/mol. The van der Waals surface area contributed by atoms with Gasteiger partial charge in [0.1, 0.15) is 0 Å². The van der Waals surface area contributed by atoms with Gasteiger partial charge in [-0.05, 0) is 45.4 Å². The van der Waals surface area contributed by atoms with Crippen LogP contribution < -0.4 is 4.90 Å². The van der Waals surface area contributed by atoms with Gasteiger partial charge in [0.2, 0.25) is 11.1 Å². The zero-order chi connectivity index (χ0) is 18.1. The predicted octanol–water partition coefficient (Wildman–Crippen LogP) is 3.19. The van der Waals surface area contributed by atoms with E-state index in [-0.39, 0.29) is 11.2 Å². The van der Waals surface area contributed by atoms with Gasteiger partial charge in [-0.15, -0.1) is 5.10 Å². The van der Waals surface area contributed by atoms with Crippen LogP contribution in [0.2, 0.25) is 0 Å². The van der Waals surface area contributed by atoms with E-state index in [9.17, 15) is 4.79 Å². The Bertz CT molecular complexity index is 922. The van der Waals surface area contributed by atoms with Crippen LogP contribution in [0, 0.1) is 20.8 Å². The average molecular weight is 355 g/mol. The molecule has 1 amide bonds. The number of aromatic nitrogens is 4. The number of nitrogens with zero attached hydrogens (tertiary/aromatic N) is 5. The molecule has 2 aromatic heterocycles. The van der Waals surface area contributed by atoms with E-state index in [4.69, 9.17) is 0 Å². The van der Waals surface area contributed by atoms with Crippen molar-refractivity contribution in [1.29, 1.82) is 0 Å². The minimum atomic E-state index is -0.301. The number of anilines is 1. The fourth-order valence-corrected chi connectivity index (χ4v) is 3.39. The summed E-state index contributed by atoms with van der Waals surface area (Å²) in [6.07, 6.45) is 0. The second-order valence-electron chi connectivity index (χ2n) is 6.01. The summed E-state index contributed by atoms with van der Waals surface area (Å²) in [4.78, 5) is 23.3. The van der Waals surface area contributed by atoms with Crippen LogP contribution in [0.5, 0.6) is 0 Å². The third-order valence-electron chi connectivity index (χ3n) is 4.35. The lowest BCUT2D eigenvalue weighted by molar-refractivity contribution is -0.117. The maximum absolute atomic E-state index is 12.7. The summed E-state index contributed by atoms with van der Waals surface area (Å²) >= 11 is 1.35. The summed E-state index contributed by atoms with van der Waals surface area (Å²) in [7, 11) is 1.78. The van der Waals surface area contributed by atoms with E-state index < -0.39 is 0 Å². The van der Waals surface area contributed by atoms with Gasteiger partial charge < -0.3 is 4.90 Å². The van der Waals surface area contributed by atoms with Crippen LogP contribution in [0.15, 0.2) is 35.5 Å². The Hall–Kier alpha value is -2.41. The molecule has 1 aromatic carbocycles. The second kappa shape index (κ2) is 6.84. The molecule has 1 unspecified atom stereocenters. The van der Waals surface area contributed by atoms with Crippen LogP contribution >= 0.6 is 11.8 Å². The van der Waals surface area contributed by atoms with Crippen molar-refractivity contribution in [1.82, 2.24) is 19.6 Å². The molecule has 0 saturated heterocycles. The Morgan fingerprint density at radius 3 is 2.52 bits per heavy atom. The first kappa shape index (κ1) is 17.4. The van der Waals surface area contributed by atoms with Crippen LogP contribution in [0.4, 0.5) is 5.69 Å². The number of amides is 1. The summed E-state index contributed by atoms with van der Waals surface area (Å²) in [5.41, 5.74) is 3.93. The Morgan fingerprint density at radius 1 is 1.16 bits per heavy atom. The SMILES string of the molecule is Cc1nc2nc(SC(C)C(=O)N(C)c3ccccc3)nn2c(C)c1C. The summed E-state index contributed by atoms with van der Waals surface area (Å²) in [5.74, 6) is 0.575. The highest BCUT2D eigenvalue weighted by molar-refractivity contribution is 8.00. The Morgan fingerprint density at radius 2 is 1.84 bits per heavy atom. The summed E-state index contributed by atoms with van der Waals surface area (Å²) in [5, 5.41) is 4.76. The fourth-order valence-electron chi connectivity index (χ4n) is 2.55. The Balaban J connectivity index is 1.81. The molecule has 0 saturated carbocycles. The number of rotatable bonds is 4. The first-order chi connectivity index (χ1) is 11.9. The number of para-hydroxylation sites is 1. The standard InChI is InChI=1S/C18H21N5OS/c1-11-12(2)19-17-20-18(21-23(17)13(11)3)25-14(4)16(24)22(5)15-9-7-6-8-10-15/h6-10,14H,1-5H3. The van der Waals surface area contributed by atoms with Gasteiger partial charge in [0.15, 0.2) is 0 Å². The molecule has 0 spiro atoms. The molecular weight excluding hydrogens is 334 g/mol. The topological polar surface area (TPSA) is 63.4 Å². The van der Waals surface area contributed by atoms with E-state index >= 15 is 0 Å². The molecule has 0 radical (unpaired) electrons. The van der Waals surface area contributed by atoms with Crippen molar-refractivity contribution in [2.24, 2.45) is 0 Å². The Kier molecular flexibility index (Phi) is 4.76. The number of carbonyl (C=O) groups is 1. The highest BCUT2D eigenvalue weighted by atomic mass is 32.2. The van der Waals surface area contributed by atoms with E-state index in [1.165, 1.54) is 11.8 Å². The zero-order valence-electron chi connectivity index (χ0n) is 15.0. The molecule has 7 heteroatoms. The van der Waals surface area contributed by atoms with Crippen molar-refractivity contribution in [2.75, 3.05) is 11.9 Å². The highest BCUT2D eigenvalue weighted by Gasteiger charge is 2.22. The van der Waals surface area contributed by atoms with Crippen molar-refractivity contribution >= 4 is 29.1 Å². The van der Waals surface area contributed by atoms with Crippen molar-refractivity contribution in [3.05, 3.63) is 47.3 Å². The molecular formula is C18H21N5OS. The molecule has 0 aliphatic rings. The maximum atomic E-state index is 12.7. The van der Waals surface area contributed by atoms with E-state index in [1.807, 2.05) is 58.0 Å². The molecule has 0 aliphatic carbocycles. The average Bonchev–Trinajstić information content (AvgIpc) is 3.01. The maximum Gasteiger partial charge on any atom is 0.253 e. The number of hydrogen-bond acceptors (Lipinski definition) is 5. The molecule has 6 nitrogen and oxygen atoms in total. The number of thioether (sulfide) groups is 1. The molecule has 3 aromatic rings. The summed E-state index contributed by atoms with van der Waals surface area (Å²) in [6.45, 7) is 7.85. The molecule has 0 fully saturated rings. The number of aryl methyl sites for hydroxylation is 2. The van der Waals surface area contributed by atoms with Crippen molar-refractivity contribution in [3.8, 4) is 0 Å². The zero-order valence-corrected chi connectivity index (χ0v) is 15.8. The van der Waals surface area contributed by atoms with E-state index in [2.05, 4.69) is 15.1 Å². The largest absolute Gasteiger partial charge is 0.315 e. The minimum absolute atomic E-state index is 0.00657. The van der Waals surface area contributed by atoms with Gasteiger partial charge in [-0.3, -0.25) is 4.79 Å². The van der Waals surface area contributed by atoms with E-state index in [0.717, 1.165) is 22.6 Å². The summed E-state index contributed by atoms with van der Waals surface area (Å²) < 4.78 is 1.74. The fraction of sp³-hybridized carbons (Fsp3) is 0.333. The second-order valence-corrected chi connectivity index (χ2v) is 7.31. The van der Waals surface area contributed by atoms with Gasteiger partial charge in [-0.2, -0.15) is 4.98 Å². The highest BCUT2D eigenvalue weighted by Crippen LogP contribution is 2.24. The van der Waals surface area contributed by atoms with Crippen molar-refractivity contribution < 1.29 is 4.79 Å². The van der Waals surface area contributed by atoms with Gasteiger partial charge in [-0.25, -0.2) is 9.50 Å². The summed E-state index contributed by atoms with van der Waals surface area (Å²) in [6, 6.07) is 9.59. The van der Waals surface area contributed by atoms with Gasteiger partial charge in [0.25, 0.3) is 5.78 Å². The van der Waals surface area contributed by atoms with Crippen LogP contribution in [0.25, 0.3) is 5.78 Å². The smallest absolute Gasteiger partial charge is 0.253 e. The number of fused-ring (bicyclic) bond motifs is 1. The molecule has 1 atom stereocenters. The third kappa shape index (κ3) is 3.37. The lowest BCUT2D eigenvalue weighted by Gasteiger charge is -2.20. The van der Waals surface area contributed by atoms with Gasteiger partial charge in [0, 0.05) is 24.1 Å². The lowest BCUT2D eigenvalue weighted by Crippen LogP contribution is -2.33. The van der Waals surface area contributed by atoms with Crippen molar-refractivity contribution in [2.45, 2.75) is 38.1 Å². The molecule has 3 rings (SSSR count). The third-order valence-corrected chi connectivity index (χ3v) is 5.28. The normalized spacial score (nSPS) is 12.4. The van der Waals surface area contributed by atoms with E-state index in [1.54, 1.807) is 16.5 Å². The van der Waals surface area contributed by atoms with E-state index in [0.29, 0.717) is 10.9 Å². The van der Waals surface area contributed by atoms with Crippen molar-refractivity contribution in [3.63, 3.8) is 0 Å².